The normalized spacial score (nSPS) is 21.4. The number of hydrogen-bond acceptors (Lipinski definition) is 2. The molecule has 1 aliphatic heterocycles. The fourth-order valence-corrected chi connectivity index (χ4v) is 3.03. The van der Waals surface area contributed by atoms with Crippen LogP contribution in [0.1, 0.15) is 33.1 Å². The molecule has 19 heavy (non-hydrogen) atoms. The second kappa shape index (κ2) is 6.96. The molecule has 0 radical (unpaired) electrons. The van der Waals surface area contributed by atoms with Gasteiger partial charge in [0.05, 0.1) is 5.02 Å². The standard InChI is InChI=1S/C15H22BrClN2/c1-11(2)19-8-3-4-12(7-9-19)18-13-5-6-14(16)15(17)10-13/h5-6,10-12,18H,3-4,7-9H2,1-2H3. The summed E-state index contributed by atoms with van der Waals surface area (Å²) in [5, 5.41) is 4.38. The lowest BCUT2D eigenvalue weighted by molar-refractivity contribution is 0.230. The average Bonchev–Trinajstić information content (AvgIpc) is 2.59. The molecule has 1 unspecified atom stereocenters. The molecule has 1 N–H and O–H groups in total. The number of rotatable bonds is 3. The van der Waals surface area contributed by atoms with E-state index < -0.39 is 0 Å². The van der Waals surface area contributed by atoms with Crippen LogP contribution in [0.2, 0.25) is 5.02 Å². The Hall–Kier alpha value is -0.250. The number of nitrogens with zero attached hydrogens (tertiary/aromatic N) is 1. The van der Waals surface area contributed by atoms with Gasteiger partial charge in [0.15, 0.2) is 0 Å². The second-order valence-electron chi connectivity index (χ2n) is 5.53. The Kier molecular flexibility index (Phi) is 5.55. The van der Waals surface area contributed by atoms with Gasteiger partial charge in [0, 0.05) is 28.8 Å². The minimum absolute atomic E-state index is 0.556. The Bertz CT molecular complexity index is 423. The highest BCUT2D eigenvalue weighted by molar-refractivity contribution is 9.10. The fourth-order valence-electron chi connectivity index (χ4n) is 2.60. The van der Waals surface area contributed by atoms with Gasteiger partial charge in [0.1, 0.15) is 0 Å². The van der Waals surface area contributed by atoms with Crippen LogP contribution < -0.4 is 5.32 Å². The second-order valence-corrected chi connectivity index (χ2v) is 6.79. The Morgan fingerprint density at radius 2 is 2.11 bits per heavy atom. The third-order valence-electron chi connectivity index (χ3n) is 3.78. The third-order valence-corrected chi connectivity index (χ3v) is 5.02. The van der Waals surface area contributed by atoms with Crippen molar-refractivity contribution in [2.24, 2.45) is 0 Å². The Balaban J connectivity index is 1.94. The van der Waals surface area contributed by atoms with E-state index in [1.165, 1.54) is 32.4 Å². The number of benzene rings is 1. The van der Waals surface area contributed by atoms with Crippen LogP contribution in [0.25, 0.3) is 0 Å². The first-order valence-corrected chi connectivity index (χ1v) is 8.19. The van der Waals surface area contributed by atoms with Crippen LogP contribution in [0.3, 0.4) is 0 Å². The van der Waals surface area contributed by atoms with Crippen LogP contribution in [0.5, 0.6) is 0 Å². The summed E-state index contributed by atoms with van der Waals surface area (Å²) in [6.45, 7) is 6.96. The molecule has 0 amide bonds. The van der Waals surface area contributed by atoms with E-state index in [4.69, 9.17) is 11.6 Å². The van der Waals surface area contributed by atoms with Crippen LogP contribution in [-0.4, -0.2) is 30.1 Å². The van der Waals surface area contributed by atoms with Crippen LogP contribution in [-0.2, 0) is 0 Å². The Morgan fingerprint density at radius 1 is 1.32 bits per heavy atom. The molecule has 1 heterocycles. The quantitative estimate of drug-likeness (QED) is 0.848. The van der Waals surface area contributed by atoms with Crippen molar-refractivity contribution in [3.8, 4) is 0 Å². The van der Waals surface area contributed by atoms with E-state index in [1.807, 2.05) is 12.1 Å². The fraction of sp³-hybridized carbons (Fsp3) is 0.600. The average molecular weight is 346 g/mol. The van der Waals surface area contributed by atoms with Gasteiger partial charge in [-0.1, -0.05) is 11.6 Å². The third kappa shape index (κ3) is 4.37. The smallest absolute Gasteiger partial charge is 0.0568 e. The molecule has 1 aromatic carbocycles. The van der Waals surface area contributed by atoms with E-state index in [1.54, 1.807) is 0 Å². The molecule has 1 saturated heterocycles. The molecule has 0 bridgehead atoms. The molecule has 1 fully saturated rings. The van der Waals surface area contributed by atoms with Gasteiger partial charge in [-0.2, -0.15) is 0 Å². The van der Waals surface area contributed by atoms with Gasteiger partial charge >= 0.3 is 0 Å². The summed E-state index contributed by atoms with van der Waals surface area (Å²) in [7, 11) is 0. The number of halogens is 2. The molecule has 0 aromatic heterocycles. The molecule has 0 saturated carbocycles. The van der Waals surface area contributed by atoms with E-state index in [0.717, 1.165) is 15.2 Å². The maximum absolute atomic E-state index is 6.13. The van der Waals surface area contributed by atoms with Gasteiger partial charge < -0.3 is 10.2 Å². The minimum Gasteiger partial charge on any atom is -0.382 e. The summed E-state index contributed by atoms with van der Waals surface area (Å²) in [4.78, 5) is 2.57. The molecule has 2 rings (SSSR count). The van der Waals surface area contributed by atoms with Crippen LogP contribution in [0.15, 0.2) is 22.7 Å². The highest BCUT2D eigenvalue weighted by Gasteiger charge is 2.18. The van der Waals surface area contributed by atoms with Crippen molar-refractivity contribution in [2.75, 3.05) is 18.4 Å². The van der Waals surface area contributed by atoms with Crippen molar-refractivity contribution in [1.82, 2.24) is 4.90 Å². The van der Waals surface area contributed by atoms with Crippen molar-refractivity contribution in [1.29, 1.82) is 0 Å². The van der Waals surface area contributed by atoms with E-state index >= 15 is 0 Å². The number of hydrogen-bond donors (Lipinski definition) is 1. The maximum Gasteiger partial charge on any atom is 0.0568 e. The van der Waals surface area contributed by atoms with Crippen molar-refractivity contribution in [3.63, 3.8) is 0 Å². The van der Waals surface area contributed by atoms with Crippen LogP contribution >= 0.6 is 27.5 Å². The van der Waals surface area contributed by atoms with E-state index in [9.17, 15) is 0 Å². The lowest BCUT2D eigenvalue weighted by Gasteiger charge is -2.24. The zero-order chi connectivity index (χ0) is 13.8. The molecule has 0 aliphatic carbocycles. The van der Waals surface area contributed by atoms with Gasteiger partial charge in [0.2, 0.25) is 0 Å². The first-order valence-electron chi connectivity index (χ1n) is 7.02. The molecular weight excluding hydrogens is 324 g/mol. The van der Waals surface area contributed by atoms with Gasteiger partial charge in [-0.3, -0.25) is 0 Å². The zero-order valence-electron chi connectivity index (χ0n) is 11.6. The summed E-state index contributed by atoms with van der Waals surface area (Å²) >= 11 is 9.56. The lowest BCUT2D eigenvalue weighted by Crippen LogP contribution is -2.32. The first-order chi connectivity index (χ1) is 9.06. The molecule has 2 nitrogen and oxygen atoms in total. The van der Waals surface area contributed by atoms with Gasteiger partial charge in [0.25, 0.3) is 0 Å². The topological polar surface area (TPSA) is 15.3 Å². The number of anilines is 1. The molecule has 4 heteroatoms. The molecule has 0 spiro atoms. The first kappa shape index (κ1) is 15.1. The summed E-state index contributed by atoms with van der Waals surface area (Å²) in [6, 6.07) is 7.29. The summed E-state index contributed by atoms with van der Waals surface area (Å²) < 4.78 is 0.951. The summed E-state index contributed by atoms with van der Waals surface area (Å²) in [5.74, 6) is 0. The molecular formula is C15H22BrClN2. The van der Waals surface area contributed by atoms with Gasteiger partial charge in [-0.25, -0.2) is 0 Å². The zero-order valence-corrected chi connectivity index (χ0v) is 14.0. The minimum atomic E-state index is 0.556. The molecule has 1 atom stereocenters. The predicted octanol–water partition coefficient (Wildman–Crippen LogP) is 4.78. The van der Waals surface area contributed by atoms with Crippen LogP contribution in [0.4, 0.5) is 5.69 Å². The predicted molar refractivity (Wildman–Crippen MR) is 87.1 cm³/mol. The van der Waals surface area contributed by atoms with E-state index in [-0.39, 0.29) is 0 Å². The molecule has 106 valence electrons. The maximum atomic E-state index is 6.13. The Morgan fingerprint density at radius 3 is 2.79 bits per heavy atom. The SMILES string of the molecule is CC(C)N1CCCC(Nc2ccc(Br)c(Cl)c2)CC1. The highest BCUT2D eigenvalue weighted by atomic mass is 79.9. The van der Waals surface area contributed by atoms with Crippen molar-refractivity contribution < 1.29 is 0 Å². The van der Waals surface area contributed by atoms with Crippen molar-refractivity contribution >= 4 is 33.2 Å². The van der Waals surface area contributed by atoms with Gasteiger partial charge in [-0.15, -0.1) is 0 Å². The summed E-state index contributed by atoms with van der Waals surface area (Å²) in [5.41, 5.74) is 1.12. The Labute approximate surface area is 129 Å². The largest absolute Gasteiger partial charge is 0.382 e. The molecule has 1 aromatic rings. The van der Waals surface area contributed by atoms with E-state index in [0.29, 0.717) is 12.1 Å². The number of nitrogens with one attached hydrogen (secondary N) is 1. The highest BCUT2D eigenvalue weighted by Crippen LogP contribution is 2.27. The monoisotopic (exact) mass is 344 g/mol. The summed E-state index contributed by atoms with van der Waals surface area (Å²) in [6.07, 6.45) is 3.70. The number of likely N-dealkylation sites (tertiary alicyclic amines) is 1. The lowest BCUT2D eigenvalue weighted by atomic mass is 10.1. The van der Waals surface area contributed by atoms with E-state index in [2.05, 4.69) is 46.1 Å². The van der Waals surface area contributed by atoms with Crippen molar-refractivity contribution in [2.45, 2.75) is 45.2 Å². The van der Waals surface area contributed by atoms with Crippen molar-refractivity contribution in [3.05, 3.63) is 27.7 Å². The molecule has 1 aliphatic rings. The van der Waals surface area contributed by atoms with Crippen LogP contribution in [0, 0.1) is 0 Å². The van der Waals surface area contributed by atoms with Gasteiger partial charge in [-0.05, 0) is 73.8 Å².